The number of nitrogens with one attached hydrogen (secondary N) is 3. The van der Waals surface area contributed by atoms with Crippen LogP contribution in [0.4, 0.5) is 4.79 Å². The van der Waals surface area contributed by atoms with Gasteiger partial charge in [0.25, 0.3) is 0 Å². The summed E-state index contributed by atoms with van der Waals surface area (Å²) in [6.07, 6.45) is 6.01. The van der Waals surface area contributed by atoms with Crippen molar-refractivity contribution in [1.82, 2.24) is 25.4 Å². The van der Waals surface area contributed by atoms with Crippen LogP contribution in [-0.4, -0.2) is 74.7 Å². The first kappa shape index (κ1) is 31.9. The molecule has 0 saturated carbocycles. The van der Waals surface area contributed by atoms with E-state index >= 15 is 0 Å². The highest BCUT2D eigenvalue weighted by Crippen LogP contribution is 2.22. The maximum Gasteiger partial charge on any atom is 0.326 e. The van der Waals surface area contributed by atoms with Crippen molar-refractivity contribution in [3.8, 4) is 5.75 Å². The third-order valence-corrected chi connectivity index (χ3v) is 8.13. The van der Waals surface area contributed by atoms with Crippen molar-refractivity contribution in [2.45, 2.75) is 76.9 Å². The number of rotatable bonds is 12. The fraction of sp³-hybridized carbons (Fsp3) is 0.471. The molecule has 2 heterocycles. The molecule has 11 nitrogen and oxygen atoms in total. The Labute approximate surface area is 265 Å². The Morgan fingerprint density at radius 3 is 2.13 bits per heavy atom. The third-order valence-electron chi connectivity index (χ3n) is 8.13. The van der Waals surface area contributed by atoms with Crippen LogP contribution < -0.4 is 16.0 Å². The number of aromatic hydroxyl groups is 1. The maximum absolute atomic E-state index is 13.8. The second-order valence-electron chi connectivity index (χ2n) is 12.2. The van der Waals surface area contributed by atoms with Gasteiger partial charge in [-0.15, -0.1) is 0 Å². The number of urea groups is 1. The number of aliphatic carboxylic acids is 1. The lowest BCUT2D eigenvalue weighted by Crippen LogP contribution is -2.58. The number of carboxylic acid groups (broad SMARTS) is 1. The van der Waals surface area contributed by atoms with Crippen LogP contribution in [0.15, 0.2) is 54.7 Å². The van der Waals surface area contributed by atoms with Gasteiger partial charge in [-0.2, -0.15) is 0 Å². The molecule has 1 saturated heterocycles. The van der Waals surface area contributed by atoms with Crippen molar-refractivity contribution in [3.63, 3.8) is 0 Å². The summed E-state index contributed by atoms with van der Waals surface area (Å²) >= 11 is 0. The minimum atomic E-state index is -1.31. The van der Waals surface area contributed by atoms with Crippen LogP contribution in [0.5, 0.6) is 5.75 Å². The van der Waals surface area contributed by atoms with E-state index in [1.807, 2.05) is 38.1 Å². The molecule has 0 radical (unpaired) electrons. The lowest BCUT2D eigenvalue weighted by molar-refractivity contribution is -0.142. The highest BCUT2D eigenvalue weighted by atomic mass is 16.4. The van der Waals surface area contributed by atoms with E-state index in [0.717, 1.165) is 36.6 Å². The molecule has 45 heavy (non-hydrogen) atoms. The lowest BCUT2D eigenvalue weighted by Gasteiger charge is -2.28. The Morgan fingerprint density at radius 1 is 0.844 bits per heavy atom. The van der Waals surface area contributed by atoms with Crippen LogP contribution >= 0.6 is 0 Å². The number of carbonyl (C=O) groups excluding carboxylic acids is 3. The molecule has 3 atom stereocenters. The van der Waals surface area contributed by atoms with Gasteiger partial charge in [-0.1, -0.05) is 57.0 Å². The summed E-state index contributed by atoms with van der Waals surface area (Å²) < 4.78 is 9.68. The topological polar surface area (TPSA) is 153 Å². The number of likely N-dealkylation sites (tertiary alicyclic amines) is 1. The summed E-state index contributed by atoms with van der Waals surface area (Å²) in [5, 5.41) is 28.7. The molecule has 1 aromatic heterocycles. The zero-order chi connectivity index (χ0) is 33.2. The van der Waals surface area contributed by atoms with Crippen LogP contribution in [0.3, 0.4) is 0 Å². The van der Waals surface area contributed by atoms with Crippen LogP contribution in [-0.2, 0) is 34.2 Å². The first-order valence-corrected chi connectivity index (χ1v) is 15.6. The molecule has 0 aliphatic carbocycles. The number of aryl methyl sites for hydroxylation is 1. The molecule has 5 N–H and O–H groups in total. The minimum Gasteiger partial charge on any atom is -0.508 e. The maximum atomic E-state index is 13.8. The first-order chi connectivity index (χ1) is 22.0. The molecule has 1 fully saturated rings. The molecule has 4 amide bonds. The summed E-state index contributed by atoms with van der Waals surface area (Å²) in [5.41, 5.74) is 2.11. The molecule has 1 aliphatic heterocycles. The van der Waals surface area contributed by atoms with Crippen molar-refractivity contribution in [1.29, 1.82) is 0 Å². The number of phenolic OH excluding ortho intramolecular Hbond substituents is 1. The summed E-state index contributed by atoms with van der Waals surface area (Å²) in [6.45, 7) is 5.12. The van der Waals surface area contributed by atoms with Crippen molar-refractivity contribution >= 4 is 34.7 Å². The molecule has 0 spiro atoms. The zero-order valence-corrected chi connectivity index (χ0v) is 26.0. The highest BCUT2D eigenvalue weighted by Gasteiger charge is 2.32. The van der Waals surface area contributed by atoms with Gasteiger partial charge in [-0.3, -0.25) is 9.59 Å². The largest absolute Gasteiger partial charge is 0.508 e. The molecule has 11 heteroatoms. The number of nitrogens with zero attached hydrogens (tertiary/aromatic N) is 2. The molecule has 0 unspecified atom stereocenters. The lowest BCUT2D eigenvalue weighted by atomic mass is 10.00. The number of para-hydroxylation sites is 1. The SMILES string of the molecule is [2H]Cn1cc(C[C@H](NC(=O)[C@H](CC(C)C)NC(=O)N2CCCCCC2)C(=O)N[C@H](Cc2ccc(O)cc2)C(=O)O)c2ccccc21. The standard InChI is InChI=1S/C34H45N5O6/c1-22(2)18-27(37-34(45)39-16-8-4-5-9-17-39)31(41)35-28(20-24-21-38(3)30-11-7-6-10-26(24)30)32(42)36-29(33(43)44)19-23-12-14-25(40)15-13-23/h6-7,10-15,21-22,27-29,40H,4-5,8-9,16-20H2,1-3H3,(H,35,41)(H,36,42)(H,37,45)(H,43,44)/t27-,28-,29+/m0/s1/i3D. The smallest absolute Gasteiger partial charge is 0.326 e. The monoisotopic (exact) mass is 620 g/mol. The van der Waals surface area contributed by atoms with Gasteiger partial charge in [0.15, 0.2) is 0 Å². The van der Waals surface area contributed by atoms with Gasteiger partial charge in [0, 0.05) is 51.4 Å². The van der Waals surface area contributed by atoms with Crippen molar-refractivity contribution in [2.75, 3.05) is 13.1 Å². The van der Waals surface area contributed by atoms with E-state index in [4.69, 9.17) is 1.37 Å². The van der Waals surface area contributed by atoms with Crippen LogP contribution in [0.25, 0.3) is 10.9 Å². The predicted molar refractivity (Wildman–Crippen MR) is 172 cm³/mol. The predicted octanol–water partition coefficient (Wildman–Crippen LogP) is 3.72. The molecular formula is C34H45N5O6. The second kappa shape index (κ2) is 15.5. The highest BCUT2D eigenvalue weighted by molar-refractivity contribution is 5.94. The van der Waals surface area contributed by atoms with E-state index in [2.05, 4.69) is 16.0 Å². The average molecular weight is 621 g/mol. The Kier molecular flexibility index (Phi) is 10.9. The van der Waals surface area contributed by atoms with Crippen molar-refractivity contribution < 1.29 is 30.8 Å². The van der Waals surface area contributed by atoms with Gasteiger partial charge in [0.1, 0.15) is 23.9 Å². The number of fused-ring (bicyclic) bond motifs is 1. The fourth-order valence-electron chi connectivity index (χ4n) is 5.74. The second-order valence-corrected chi connectivity index (χ2v) is 12.2. The number of hydrogen-bond acceptors (Lipinski definition) is 5. The quantitative estimate of drug-likeness (QED) is 0.208. The Hall–Kier alpha value is -4.54. The molecule has 3 aromatic rings. The molecule has 1 aliphatic rings. The van der Waals surface area contributed by atoms with Gasteiger partial charge in [-0.25, -0.2) is 9.59 Å². The number of aromatic nitrogens is 1. The van der Waals surface area contributed by atoms with E-state index in [0.29, 0.717) is 30.6 Å². The van der Waals surface area contributed by atoms with Gasteiger partial charge in [-0.05, 0) is 54.5 Å². The molecule has 2 aromatic carbocycles. The number of carboxylic acids is 1. The van der Waals surface area contributed by atoms with Crippen LogP contribution in [0.2, 0.25) is 0 Å². The fourth-order valence-corrected chi connectivity index (χ4v) is 5.74. The third kappa shape index (κ3) is 9.23. The van der Waals surface area contributed by atoms with E-state index in [1.165, 1.54) is 12.1 Å². The van der Waals surface area contributed by atoms with Crippen molar-refractivity contribution in [3.05, 3.63) is 65.9 Å². The molecular weight excluding hydrogens is 574 g/mol. The van der Waals surface area contributed by atoms with E-state index < -0.39 is 35.9 Å². The normalized spacial score (nSPS) is 15.9. The summed E-state index contributed by atoms with van der Waals surface area (Å²) in [6, 6.07) is 9.78. The summed E-state index contributed by atoms with van der Waals surface area (Å²) in [4.78, 5) is 54.8. The Bertz CT molecular complexity index is 1500. The molecule has 242 valence electrons. The molecule has 0 bridgehead atoms. The number of amides is 4. The van der Waals surface area contributed by atoms with Crippen LogP contribution in [0, 0.1) is 5.92 Å². The number of benzene rings is 2. The Balaban J connectivity index is 1.60. The minimum absolute atomic E-state index is 0.0328. The van der Waals surface area contributed by atoms with Gasteiger partial charge in [0.05, 0.1) is 0 Å². The van der Waals surface area contributed by atoms with Gasteiger partial charge < -0.3 is 35.6 Å². The first-order valence-electron chi connectivity index (χ1n) is 16.3. The van der Waals surface area contributed by atoms with Gasteiger partial charge in [0.2, 0.25) is 11.8 Å². The van der Waals surface area contributed by atoms with Crippen molar-refractivity contribution in [2.24, 2.45) is 12.9 Å². The number of hydrogen-bond donors (Lipinski definition) is 5. The molecule has 4 rings (SSSR count). The zero-order valence-electron chi connectivity index (χ0n) is 27.0. The van der Waals surface area contributed by atoms with E-state index in [-0.39, 0.29) is 37.6 Å². The number of phenols is 1. The van der Waals surface area contributed by atoms with E-state index in [9.17, 15) is 29.4 Å². The Morgan fingerprint density at radius 2 is 1.49 bits per heavy atom. The average Bonchev–Trinajstić information content (AvgIpc) is 3.17. The van der Waals surface area contributed by atoms with Gasteiger partial charge >= 0.3 is 12.0 Å². The number of carbonyl (C=O) groups is 4. The summed E-state index contributed by atoms with van der Waals surface area (Å²) in [5.74, 6) is -2.38. The van der Waals surface area contributed by atoms with E-state index in [1.54, 1.807) is 27.8 Å². The van der Waals surface area contributed by atoms with Crippen LogP contribution in [0.1, 0.15) is 58.4 Å². The summed E-state index contributed by atoms with van der Waals surface area (Å²) in [7, 11) is -0.0452.